The van der Waals surface area contributed by atoms with Gasteiger partial charge in [-0.2, -0.15) is 0 Å². The third-order valence-corrected chi connectivity index (χ3v) is 7.29. The fourth-order valence-corrected chi connectivity index (χ4v) is 5.72. The van der Waals surface area contributed by atoms with Crippen LogP contribution in [0.4, 0.5) is 5.69 Å². The van der Waals surface area contributed by atoms with Crippen LogP contribution in [0.3, 0.4) is 0 Å². The molecule has 0 radical (unpaired) electrons. The molecule has 2 aromatic carbocycles. The number of para-hydroxylation sites is 1. The first-order valence-electron chi connectivity index (χ1n) is 10.8. The van der Waals surface area contributed by atoms with Crippen LogP contribution in [0.15, 0.2) is 60.7 Å². The van der Waals surface area contributed by atoms with Gasteiger partial charge in [0, 0.05) is 42.5 Å². The molecule has 3 N–H and O–H groups in total. The predicted octanol–water partition coefficient (Wildman–Crippen LogP) is 4.74. The van der Waals surface area contributed by atoms with E-state index in [4.69, 9.17) is 0 Å². The van der Waals surface area contributed by atoms with E-state index in [2.05, 4.69) is 83.2 Å². The minimum absolute atomic E-state index is 0.0904. The van der Waals surface area contributed by atoms with Crippen molar-refractivity contribution in [1.82, 2.24) is 9.88 Å². The van der Waals surface area contributed by atoms with Crippen LogP contribution in [0, 0.1) is 5.92 Å². The summed E-state index contributed by atoms with van der Waals surface area (Å²) in [5.41, 5.74) is 3.82. The Morgan fingerprint density at radius 2 is 1.67 bits per heavy atom. The molecule has 1 saturated heterocycles. The minimum atomic E-state index is -0.342. The molecule has 30 heavy (non-hydrogen) atoms. The Balaban J connectivity index is 1.53. The van der Waals surface area contributed by atoms with Gasteiger partial charge in [0.2, 0.25) is 0 Å². The number of piperidine rings is 1. The standard InChI is InChI=1S/C25H29N3O2/c1-17-15-27(18(2)19-9-5-3-6-10-19)14-13-25(17)22-21(23(29)26-24(22)30)16-28(25)20-11-7-4-8-12-20/h3-12,17-18,26,29-30H,13-16H2,1-2H3/t17?,18-,25?/m1/s1. The first kappa shape index (κ1) is 19.1. The molecular formula is C25H29N3O2. The maximum absolute atomic E-state index is 10.7. The zero-order valence-electron chi connectivity index (χ0n) is 17.5. The monoisotopic (exact) mass is 403 g/mol. The van der Waals surface area contributed by atoms with E-state index in [-0.39, 0.29) is 23.2 Å². The Bertz CT molecular complexity index is 1030. The van der Waals surface area contributed by atoms with Crippen molar-refractivity contribution in [3.05, 3.63) is 77.4 Å². The lowest BCUT2D eigenvalue weighted by molar-refractivity contribution is 0.0720. The number of hydrogen-bond donors (Lipinski definition) is 3. The van der Waals surface area contributed by atoms with Crippen LogP contribution in [-0.2, 0) is 12.1 Å². The Kier molecular flexibility index (Phi) is 4.51. The molecule has 2 aliphatic rings. The van der Waals surface area contributed by atoms with Gasteiger partial charge >= 0.3 is 0 Å². The molecule has 0 aliphatic carbocycles. The molecule has 0 bridgehead atoms. The second-order valence-corrected chi connectivity index (χ2v) is 8.75. The Morgan fingerprint density at radius 1 is 1.00 bits per heavy atom. The summed E-state index contributed by atoms with van der Waals surface area (Å²) in [5.74, 6) is 0.463. The largest absolute Gasteiger partial charge is 0.494 e. The van der Waals surface area contributed by atoms with Gasteiger partial charge in [0.05, 0.1) is 5.54 Å². The third-order valence-electron chi connectivity index (χ3n) is 7.29. The van der Waals surface area contributed by atoms with E-state index in [1.54, 1.807) is 0 Å². The second kappa shape index (κ2) is 7.10. The van der Waals surface area contributed by atoms with Crippen molar-refractivity contribution < 1.29 is 10.2 Å². The first-order valence-corrected chi connectivity index (χ1v) is 10.8. The van der Waals surface area contributed by atoms with Crippen LogP contribution >= 0.6 is 0 Å². The number of nitrogens with one attached hydrogen (secondary N) is 1. The van der Waals surface area contributed by atoms with Crippen LogP contribution in [-0.4, -0.2) is 33.2 Å². The molecule has 1 fully saturated rings. The Hall–Kier alpha value is -2.92. The third kappa shape index (κ3) is 2.72. The van der Waals surface area contributed by atoms with Crippen LogP contribution in [0.25, 0.3) is 0 Å². The lowest BCUT2D eigenvalue weighted by Crippen LogP contribution is -2.56. The van der Waals surface area contributed by atoms with Gasteiger partial charge in [-0.1, -0.05) is 55.5 Å². The zero-order chi connectivity index (χ0) is 20.9. The van der Waals surface area contributed by atoms with Gasteiger partial charge < -0.3 is 15.1 Å². The van der Waals surface area contributed by atoms with E-state index in [0.717, 1.165) is 36.3 Å². The molecule has 2 aliphatic heterocycles. The van der Waals surface area contributed by atoms with Crippen molar-refractivity contribution in [2.24, 2.45) is 5.92 Å². The van der Waals surface area contributed by atoms with Crippen molar-refractivity contribution in [2.75, 3.05) is 18.0 Å². The molecular weight excluding hydrogens is 374 g/mol. The van der Waals surface area contributed by atoms with Crippen LogP contribution < -0.4 is 4.90 Å². The molecule has 3 atom stereocenters. The maximum atomic E-state index is 10.7. The van der Waals surface area contributed by atoms with Crippen molar-refractivity contribution in [3.8, 4) is 11.8 Å². The number of likely N-dealkylation sites (tertiary alicyclic amines) is 1. The Labute approximate surface area is 177 Å². The average Bonchev–Trinajstić information content (AvgIpc) is 3.26. The van der Waals surface area contributed by atoms with E-state index in [0.29, 0.717) is 12.6 Å². The highest BCUT2D eigenvalue weighted by molar-refractivity contribution is 5.63. The fourth-order valence-electron chi connectivity index (χ4n) is 5.72. The molecule has 3 aromatic rings. The summed E-state index contributed by atoms with van der Waals surface area (Å²) in [5, 5.41) is 21.2. The molecule has 1 spiro atoms. The summed E-state index contributed by atoms with van der Waals surface area (Å²) in [7, 11) is 0. The predicted molar refractivity (Wildman–Crippen MR) is 119 cm³/mol. The number of rotatable bonds is 3. The van der Waals surface area contributed by atoms with Crippen molar-refractivity contribution in [3.63, 3.8) is 0 Å². The first-order chi connectivity index (χ1) is 14.5. The van der Waals surface area contributed by atoms with Gasteiger partial charge in [-0.05, 0) is 37.0 Å². The van der Waals surface area contributed by atoms with Crippen molar-refractivity contribution in [1.29, 1.82) is 0 Å². The van der Waals surface area contributed by atoms with Crippen molar-refractivity contribution in [2.45, 2.75) is 38.4 Å². The highest BCUT2D eigenvalue weighted by Crippen LogP contribution is 2.56. The number of aromatic amines is 1. The summed E-state index contributed by atoms with van der Waals surface area (Å²) >= 11 is 0. The van der Waals surface area contributed by atoms with Crippen molar-refractivity contribution >= 4 is 5.69 Å². The summed E-state index contributed by atoms with van der Waals surface area (Å²) < 4.78 is 0. The highest BCUT2D eigenvalue weighted by Gasteiger charge is 2.55. The average molecular weight is 404 g/mol. The van der Waals surface area contributed by atoms with Gasteiger partial charge in [-0.15, -0.1) is 0 Å². The lowest BCUT2D eigenvalue weighted by Gasteiger charge is -2.51. The Morgan fingerprint density at radius 3 is 2.33 bits per heavy atom. The van der Waals surface area contributed by atoms with Gasteiger partial charge in [0.25, 0.3) is 0 Å². The number of nitrogens with zero attached hydrogens (tertiary/aromatic N) is 2. The zero-order valence-corrected chi connectivity index (χ0v) is 17.5. The molecule has 5 heteroatoms. The second-order valence-electron chi connectivity index (χ2n) is 8.75. The highest BCUT2D eigenvalue weighted by atomic mass is 16.3. The number of benzene rings is 2. The quantitative estimate of drug-likeness (QED) is 0.591. The van der Waals surface area contributed by atoms with Gasteiger partial charge in [0.15, 0.2) is 11.8 Å². The van der Waals surface area contributed by atoms with E-state index in [9.17, 15) is 10.2 Å². The van der Waals surface area contributed by atoms with E-state index in [1.807, 2.05) is 6.07 Å². The molecule has 1 aromatic heterocycles. The number of H-pyrrole nitrogens is 1. The number of fused-ring (bicyclic) bond motifs is 2. The normalized spacial score (nSPS) is 24.9. The maximum Gasteiger partial charge on any atom is 0.197 e. The van der Waals surface area contributed by atoms with Crippen LogP contribution in [0.1, 0.15) is 43.0 Å². The lowest BCUT2D eigenvalue weighted by atomic mass is 9.73. The summed E-state index contributed by atoms with van der Waals surface area (Å²) in [6.45, 7) is 6.99. The van der Waals surface area contributed by atoms with Crippen LogP contribution in [0.2, 0.25) is 0 Å². The van der Waals surface area contributed by atoms with Gasteiger partial charge in [-0.25, -0.2) is 0 Å². The molecule has 5 rings (SSSR count). The molecule has 3 heterocycles. The summed E-state index contributed by atoms with van der Waals surface area (Å²) in [6, 6.07) is 21.4. The fraction of sp³-hybridized carbons (Fsp3) is 0.360. The number of aromatic nitrogens is 1. The van der Waals surface area contributed by atoms with E-state index < -0.39 is 0 Å². The van der Waals surface area contributed by atoms with Gasteiger partial charge in [-0.3, -0.25) is 9.88 Å². The summed E-state index contributed by atoms with van der Waals surface area (Å²) in [4.78, 5) is 7.70. The molecule has 5 nitrogen and oxygen atoms in total. The minimum Gasteiger partial charge on any atom is -0.494 e. The van der Waals surface area contributed by atoms with E-state index in [1.165, 1.54) is 5.56 Å². The summed E-state index contributed by atoms with van der Waals surface area (Å²) in [6.07, 6.45) is 0.887. The smallest absolute Gasteiger partial charge is 0.197 e. The molecule has 0 amide bonds. The number of aromatic hydroxyl groups is 2. The van der Waals surface area contributed by atoms with E-state index >= 15 is 0 Å². The molecule has 156 valence electrons. The SMILES string of the molecule is CC1CN([C@H](C)c2ccccc2)CCC12c1c(O)[nH]c(O)c1CN2c1ccccc1. The number of anilines is 1. The molecule has 0 saturated carbocycles. The van der Waals surface area contributed by atoms with Crippen LogP contribution in [0.5, 0.6) is 11.8 Å². The van der Waals surface area contributed by atoms with Gasteiger partial charge in [0.1, 0.15) is 0 Å². The molecule has 2 unspecified atom stereocenters. The topological polar surface area (TPSA) is 62.7 Å². The number of hydrogen-bond acceptors (Lipinski definition) is 4.